The molecule has 1 N–H and O–H groups in total. The molecule has 0 aromatic rings. The summed E-state index contributed by atoms with van der Waals surface area (Å²) in [5.41, 5.74) is 0. The lowest BCUT2D eigenvalue weighted by atomic mass is 9.99. The van der Waals surface area contributed by atoms with Gasteiger partial charge in [0.05, 0.1) is 33.0 Å². The van der Waals surface area contributed by atoms with Crippen LogP contribution in [0, 0.1) is 17.8 Å². The normalized spacial score (nSPS) is 12.1. The minimum Gasteiger partial charge on any atom is -0.465 e. The van der Waals surface area contributed by atoms with Gasteiger partial charge in [-0.2, -0.15) is 0 Å². The lowest BCUT2D eigenvalue weighted by Crippen LogP contribution is -2.42. The molecule has 0 aliphatic rings. The zero-order chi connectivity index (χ0) is 45.2. The highest BCUT2D eigenvalue weighted by molar-refractivity contribution is 5.70. The molecule has 0 aromatic heterocycles. The Morgan fingerprint density at radius 2 is 0.689 bits per heavy atom. The highest BCUT2D eigenvalue weighted by Crippen LogP contribution is 2.19. The lowest BCUT2D eigenvalue weighted by Gasteiger charge is -2.33. The molecule has 0 bridgehead atoms. The Balaban J connectivity index is 5.29. The molecule has 0 aliphatic heterocycles. The largest absolute Gasteiger partial charge is 0.465 e. The first kappa shape index (κ1) is 58.8. The van der Waals surface area contributed by atoms with Crippen LogP contribution >= 0.6 is 0 Å². The molecule has 61 heavy (non-hydrogen) atoms. The molecular weight excluding hydrogens is 771 g/mol. The summed E-state index contributed by atoms with van der Waals surface area (Å²) in [5, 5.41) is 10.4. The molecule has 0 unspecified atom stereocenters. The molecule has 0 amide bonds. The van der Waals surface area contributed by atoms with E-state index in [1.54, 1.807) is 0 Å². The van der Waals surface area contributed by atoms with E-state index in [4.69, 9.17) is 18.9 Å². The molecule has 0 heterocycles. The fourth-order valence-electron chi connectivity index (χ4n) is 7.74. The van der Waals surface area contributed by atoms with Crippen molar-refractivity contribution in [1.29, 1.82) is 0 Å². The predicted molar refractivity (Wildman–Crippen MR) is 249 cm³/mol. The number of hydrogen-bond acceptors (Lipinski definition) is 10. The second-order valence-corrected chi connectivity index (χ2v) is 18.1. The van der Waals surface area contributed by atoms with Crippen molar-refractivity contribution in [3.63, 3.8) is 0 Å². The molecule has 0 aromatic carbocycles. The summed E-state index contributed by atoms with van der Waals surface area (Å²) in [6, 6.07) is 0.0275. The number of rotatable bonds is 45. The summed E-state index contributed by atoms with van der Waals surface area (Å²) < 4.78 is 22.8. The Bertz CT molecular complexity index is 905. The number of nitrogens with zero attached hydrogens (tertiary/aromatic N) is 1. The third kappa shape index (κ3) is 36.9. The van der Waals surface area contributed by atoms with Gasteiger partial charge in [0.25, 0.3) is 0 Å². The standard InChI is InChI=1S/C51H97NO9/c1-7-11-15-19-23-33-48(54)58-40-45(41-59-49(55)34-24-20-16-12-8-2)31-27-29-37-52(47(39-53)44(5)6)38-30-28-32-46(42-60-50(56)35-25-21-17-13-9-3)43-61-51(57)36-26-22-18-14-10-4/h44-47,53H,7-43H2,1-6H3/t47-/m0/s1. The van der Waals surface area contributed by atoms with Gasteiger partial charge < -0.3 is 24.1 Å². The highest BCUT2D eigenvalue weighted by Gasteiger charge is 2.22. The van der Waals surface area contributed by atoms with Crippen LogP contribution in [0.25, 0.3) is 0 Å². The zero-order valence-corrected chi connectivity index (χ0v) is 40.6. The van der Waals surface area contributed by atoms with Gasteiger partial charge in [-0.05, 0) is 70.4 Å². The Morgan fingerprint density at radius 1 is 0.410 bits per heavy atom. The lowest BCUT2D eigenvalue weighted by molar-refractivity contribution is -0.151. The van der Waals surface area contributed by atoms with E-state index >= 15 is 0 Å². The van der Waals surface area contributed by atoms with E-state index in [1.807, 2.05) is 0 Å². The van der Waals surface area contributed by atoms with Crippen molar-refractivity contribution >= 4 is 23.9 Å². The average molecular weight is 868 g/mol. The monoisotopic (exact) mass is 868 g/mol. The van der Waals surface area contributed by atoms with E-state index in [0.717, 1.165) is 129 Å². The van der Waals surface area contributed by atoms with Crippen molar-refractivity contribution in [1.82, 2.24) is 4.90 Å². The van der Waals surface area contributed by atoms with E-state index in [9.17, 15) is 24.3 Å². The van der Waals surface area contributed by atoms with Crippen LogP contribution < -0.4 is 0 Å². The van der Waals surface area contributed by atoms with Crippen LogP contribution in [0.5, 0.6) is 0 Å². The van der Waals surface area contributed by atoms with Crippen molar-refractivity contribution < 1.29 is 43.2 Å². The third-order valence-electron chi connectivity index (χ3n) is 11.9. The second kappa shape index (κ2) is 43.1. The van der Waals surface area contributed by atoms with E-state index in [2.05, 4.69) is 46.4 Å². The SMILES string of the molecule is CCCCCCCC(=O)OCC(CCCCN(CCCCC(COC(=O)CCCCCCC)COC(=O)CCCCCCC)[C@@H](CO)C(C)C)COC(=O)CCCCCCC. The third-order valence-corrected chi connectivity index (χ3v) is 11.9. The first-order chi connectivity index (χ1) is 29.6. The summed E-state index contributed by atoms with van der Waals surface area (Å²) in [5.74, 6) is -0.529. The molecule has 0 aliphatic carbocycles. The number of unbranched alkanes of at least 4 members (excludes halogenated alkanes) is 18. The summed E-state index contributed by atoms with van der Waals surface area (Å²) in [7, 11) is 0. The van der Waals surface area contributed by atoms with Gasteiger partial charge in [-0.25, -0.2) is 0 Å². The van der Waals surface area contributed by atoms with E-state index < -0.39 is 0 Å². The average Bonchev–Trinajstić information content (AvgIpc) is 3.24. The Kier molecular flexibility index (Phi) is 41.5. The van der Waals surface area contributed by atoms with Gasteiger partial charge >= 0.3 is 23.9 Å². The summed E-state index contributed by atoms with van der Waals surface area (Å²) >= 11 is 0. The summed E-state index contributed by atoms with van der Waals surface area (Å²) in [6.07, 6.45) is 28.3. The van der Waals surface area contributed by atoms with Crippen LogP contribution in [0.2, 0.25) is 0 Å². The molecule has 0 saturated heterocycles. The predicted octanol–water partition coefficient (Wildman–Crippen LogP) is 12.5. The number of hydrogen-bond donors (Lipinski definition) is 1. The fourth-order valence-corrected chi connectivity index (χ4v) is 7.74. The number of esters is 4. The Morgan fingerprint density at radius 3 is 0.934 bits per heavy atom. The first-order valence-corrected chi connectivity index (χ1v) is 25.6. The van der Waals surface area contributed by atoms with Crippen LogP contribution in [-0.4, -0.2) is 86.0 Å². The second-order valence-electron chi connectivity index (χ2n) is 18.1. The minimum absolute atomic E-state index is 0.0275. The Hall–Kier alpha value is -2.20. The van der Waals surface area contributed by atoms with E-state index in [0.29, 0.717) is 25.7 Å². The molecule has 360 valence electrons. The van der Waals surface area contributed by atoms with Crippen LogP contribution in [0.4, 0.5) is 0 Å². The number of carbonyl (C=O) groups excluding carboxylic acids is 4. The van der Waals surface area contributed by atoms with Crippen LogP contribution in [0.3, 0.4) is 0 Å². The molecule has 1 atom stereocenters. The minimum atomic E-state index is -0.174. The Labute approximate surface area is 375 Å². The molecule has 0 fully saturated rings. The van der Waals surface area contributed by atoms with Gasteiger partial charge in [0.1, 0.15) is 0 Å². The van der Waals surface area contributed by atoms with Crippen molar-refractivity contribution in [2.75, 3.05) is 46.1 Å². The van der Waals surface area contributed by atoms with Gasteiger partial charge in [-0.3, -0.25) is 24.1 Å². The topological polar surface area (TPSA) is 129 Å². The van der Waals surface area contributed by atoms with Crippen molar-refractivity contribution in [3.8, 4) is 0 Å². The van der Waals surface area contributed by atoms with Crippen LogP contribution in [0.15, 0.2) is 0 Å². The smallest absolute Gasteiger partial charge is 0.305 e. The van der Waals surface area contributed by atoms with Crippen molar-refractivity contribution in [2.24, 2.45) is 17.8 Å². The van der Waals surface area contributed by atoms with Crippen LogP contribution in [-0.2, 0) is 38.1 Å². The van der Waals surface area contributed by atoms with Gasteiger partial charge in [-0.1, -0.05) is 157 Å². The maximum Gasteiger partial charge on any atom is 0.305 e. The molecule has 0 spiro atoms. The van der Waals surface area contributed by atoms with Crippen LogP contribution in [0.1, 0.15) is 234 Å². The first-order valence-electron chi connectivity index (χ1n) is 25.6. The number of carbonyl (C=O) groups is 4. The summed E-state index contributed by atoms with van der Waals surface area (Å²) in [6.45, 7) is 15.8. The molecule has 10 heteroatoms. The molecular formula is C51H97NO9. The maximum atomic E-state index is 12.6. The maximum absolute atomic E-state index is 12.6. The van der Waals surface area contributed by atoms with Crippen molar-refractivity contribution in [3.05, 3.63) is 0 Å². The number of aliphatic hydroxyl groups excluding tert-OH is 1. The highest BCUT2D eigenvalue weighted by atomic mass is 16.6. The number of aliphatic hydroxyl groups is 1. The molecule has 0 rings (SSSR count). The fraction of sp³-hybridized carbons (Fsp3) is 0.922. The zero-order valence-electron chi connectivity index (χ0n) is 40.6. The molecule has 0 radical (unpaired) electrons. The van der Waals surface area contributed by atoms with Gasteiger partial charge in [0.15, 0.2) is 0 Å². The number of ether oxygens (including phenoxy) is 4. The van der Waals surface area contributed by atoms with Gasteiger partial charge in [0.2, 0.25) is 0 Å². The van der Waals surface area contributed by atoms with Gasteiger partial charge in [0, 0.05) is 43.6 Å². The van der Waals surface area contributed by atoms with E-state index in [-0.39, 0.29) is 80.7 Å². The molecule has 0 saturated carbocycles. The summed E-state index contributed by atoms with van der Waals surface area (Å²) in [4.78, 5) is 52.7. The van der Waals surface area contributed by atoms with Gasteiger partial charge in [-0.15, -0.1) is 0 Å². The molecule has 10 nitrogen and oxygen atoms in total. The van der Waals surface area contributed by atoms with Crippen molar-refractivity contribution in [2.45, 2.75) is 240 Å². The van der Waals surface area contributed by atoms with E-state index in [1.165, 1.54) is 51.4 Å². The quantitative estimate of drug-likeness (QED) is 0.0359.